The quantitative estimate of drug-likeness (QED) is 0.424. The minimum atomic E-state index is -1.08. The standard InChI is InChI=1S/C19H34N.C2H4O2/c1-3-5-6-7-8-9-10-11-12-16-20-17-13-15-19(18-20)14-4-2;1-2(3)4/h13,15,17-18H,3-12,14,16H2,1-2H3;1H3,(H,3,4)/q+1;/p-1. The van der Waals surface area contributed by atoms with Crippen molar-refractivity contribution < 1.29 is 14.5 Å². The molecule has 0 fully saturated rings. The van der Waals surface area contributed by atoms with Gasteiger partial charge in [-0.05, 0) is 25.8 Å². The Morgan fingerprint density at radius 2 is 1.50 bits per heavy atom. The average Bonchev–Trinajstić information content (AvgIpc) is 2.53. The van der Waals surface area contributed by atoms with Gasteiger partial charge in [-0.1, -0.05) is 65.2 Å². The molecule has 0 aliphatic rings. The second-order valence-corrected chi connectivity index (χ2v) is 6.52. The van der Waals surface area contributed by atoms with Crippen molar-refractivity contribution in [2.24, 2.45) is 0 Å². The third-order valence-electron chi connectivity index (χ3n) is 3.98. The van der Waals surface area contributed by atoms with Crippen LogP contribution in [0.15, 0.2) is 24.5 Å². The van der Waals surface area contributed by atoms with Crippen LogP contribution in [0.2, 0.25) is 0 Å². The van der Waals surface area contributed by atoms with E-state index in [0.717, 1.165) is 6.92 Å². The molecule has 0 unspecified atom stereocenters. The van der Waals surface area contributed by atoms with Crippen LogP contribution >= 0.6 is 0 Å². The van der Waals surface area contributed by atoms with Crippen molar-refractivity contribution in [2.45, 2.75) is 97.9 Å². The Balaban J connectivity index is 0.00000118. The highest BCUT2D eigenvalue weighted by Crippen LogP contribution is 2.09. The van der Waals surface area contributed by atoms with Gasteiger partial charge in [-0.15, -0.1) is 0 Å². The van der Waals surface area contributed by atoms with Gasteiger partial charge in [0, 0.05) is 24.0 Å². The van der Waals surface area contributed by atoms with Crippen molar-refractivity contribution in [3.05, 3.63) is 30.1 Å². The highest BCUT2D eigenvalue weighted by atomic mass is 16.4. The molecule has 1 heterocycles. The van der Waals surface area contributed by atoms with E-state index in [1.807, 2.05) is 0 Å². The van der Waals surface area contributed by atoms with Crippen LogP contribution in [0.4, 0.5) is 0 Å². The molecule has 0 saturated heterocycles. The van der Waals surface area contributed by atoms with E-state index in [1.54, 1.807) is 0 Å². The fourth-order valence-electron chi connectivity index (χ4n) is 2.76. The zero-order valence-corrected chi connectivity index (χ0v) is 16.1. The van der Waals surface area contributed by atoms with Gasteiger partial charge in [0.2, 0.25) is 0 Å². The molecule has 0 bridgehead atoms. The molecule has 3 heteroatoms. The third kappa shape index (κ3) is 15.5. The molecule has 0 atom stereocenters. The monoisotopic (exact) mass is 335 g/mol. The number of hydrogen-bond donors (Lipinski definition) is 0. The molecule has 1 aromatic rings. The fourth-order valence-corrected chi connectivity index (χ4v) is 2.76. The SMILES string of the molecule is CC(=O)[O-].CCCCCCCCCCC[n+]1cccc(CCC)c1. The summed E-state index contributed by atoms with van der Waals surface area (Å²) in [5.74, 6) is -1.08. The molecule has 1 aromatic heterocycles. The Morgan fingerprint density at radius 3 is 2.04 bits per heavy atom. The molecule has 3 nitrogen and oxygen atoms in total. The lowest BCUT2D eigenvalue weighted by Gasteiger charge is -2.02. The summed E-state index contributed by atoms with van der Waals surface area (Å²) in [5, 5.41) is 8.89. The van der Waals surface area contributed by atoms with Gasteiger partial charge in [-0.25, -0.2) is 4.57 Å². The number of rotatable bonds is 12. The molecule has 1 rings (SSSR count). The summed E-state index contributed by atoms with van der Waals surface area (Å²) >= 11 is 0. The molecule has 0 saturated carbocycles. The lowest BCUT2D eigenvalue weighted by atomic mass is 10.1. The van der Waals surface area contributed by atoms with Crippen molar-refractivity contribution in [3.8, 4) is 0 Å². The summed E-state index contributed by atoms with van der Waals surface area (Å²) < 4.78 is 2.37. The number of carbonyl (C=O) groups excluding carboxylic acids is 1. The van der Waals surface area contributed by atoms with Gasteiger partial charge in [0.15, 0.2) is 12.4 Å². The minimum Gasteiger partial charge on any atom is -0.550 e. The normalized spacial score (nSPS) is 10.1. The number of carboxylic acids is 1. The molecule has 0 aliphatic heterocycles. The van der Waals surface area contributed by atoms with E-state index in [1.165, 1.54) is 82.7 Å². The van der Waals surface area contributed by atoms with Crippen LogP contribution in [0, 0.1) is 0 Å². The van der Waals surface area contributed by atoms with Crippen LogP contribution in [0.1, 0.15) is 90.5 Å². The number of unbranched alkanes of at least 4 members (excludes halogenated alkanes) is 8. The largest absolute Gasteiger partial charge is 0.550 e. The first-order chi connectivity index (χ1) is 11.6. The van der Waals surface area contributed by atoms with Gasteiger partial charge >= 0.3 is 0 Å². The molecular weight excluding hydrogens is 298 g/mol. The Hall–Kier alpha value is -1.38. The third-order valence-corrected chi connectivity index (χ3v) is 3.98. The summed E-state index contributed by atoms with van der Waals surface area (Å²) in [5.41, 5.74) is 1.48. The van der Waals surface area contributed by atoms with Crippen LogP contribution < -0.4 is 9.67 Å². The van der Waals surface area contributed by atoms with E-state index in [-0.39, 0.29) is 0 Å². The zero-order chi connectivity index (χ0) is 18.0. The molecule has 138 valence electrons. The van der Waals surface area contributed by atoms with E-state index >= 15 is 0 Å². The predicted molar refractivity (Wildman–Crippen MR) is 98.5 cm³/mol. The van der Waals surface area contributed by atoms with E-state index in [9.17, 15) is 0 Å². The van der Waals surface area contributed by atoms with Crippen LogP contribution in [0.25, 0.3) is 0 Å². The first-order valence-corrected chi connectivity index (χ1v) is 9.75. The van der Waals surface area contributed by atoms with Crippen LogP contribution in [0.3, 0.4) is 0 Å². The molecule has 0 N–H and O–H groups in total. The molecular formula is C21H37NO2. The minimum absolute atomic E-state index is 0.972. The van der Waals surface area contributed by atoms with Gasteiger partial charge in [-0.2, -0.15) is 0 Å². The van der Waals surface area contributed by atoms with Gasteiger partial charge in [0.25, 0.3) is 0 Å². The maximum absolute atomic E-state index is 8.89. The smallest absolute Gasteiger partial charge is 0.171 e. The van der Waals surface area contributed by atoms with E-state index < -0.39 is 5.97 Å². The molecule has 0 spiro atoms. The Bertz CT molecular complexity index is 414. The first kappa shape index (κ1) is 22.6. The van der Waals surface area contributed by atoms with E-state index in [2.05, 4.69) is 42.9 Å². The van der Waals surface area contributed by atoms with Gasteiger partial charge in [0.05, 0.1) is 0 Å². The number of aryl methyl sites for hydroxylation is 2. The van der Waals surface area contributed by atoms with Crippen molar-refractivity contribution in [3.63, 3.8) is 0 Å². The van der Waals surface area contributed by atoms with Crippen LogP contribution in [-0.4, -0.2) is 5.97 Å². The number of carboxylic acid groups (broad SMARTS) is 1. The van der Waals surface area contributed by atoms with Crippen molar-refractivity contribution in [2.75, 3.05) is 0 Å². The maximum Gasteiger partial charge on any atom is 0.171 e. The summed E-state index contributed by atoms with van der Waals surface area (Å²) in [7, 11) is 0. The summed E-state index contributed by atoms with van der Waals surface area (Å²) in [6.45, 7) is 6.69. The second kappa shape index (κ2) is 16.5. The average molecular weight is 336 g/mol. The van der Waals surface area contributed by atoms with Crippen LogP contribution in [0.5, 0.6) is 0 Å². The highest BCUT2D eigenvalue weighted by Gasteiger charge is 2.02. The number of aromatic nitrogens is 1. The van der Waals surface area contributed by atoms with Crippen molar-refractivity contribution >= 4 is 5.97 Å². The topological polar surface area (TPSA) is 44.0 Å². The Kier molecular flexibility index (Phi) is 15.5. The van der Waals surface area contributed by atoms with E-state index in [4.69, 9.17) is 9.90 Å². The lowest BCUT2D eigenvalue weighted by molar-refractivity contribution is -0.697. The number of carbonyl (C=O) groups is 1. The summed E-state index contributed by atoms with van der Waals surface area (Å²) in [6, 6.07) is 4.44. The second-order valence-electron chi connectivity index (χ2n) is 6.52. The predicted octanol–water partition coefficient (Wildman–Crippen LogP) is 4.21. The molecule has 0 radical (unpaired) electrons. The highest BCUT2D eigenvalue weighted by molar-refractivity contribution is 5.60. The van der Waals surface area contributed by atoms with Gasteiger partial charge in [0.1, 0.15) is 6.54 Å². The first-order valence-electron chi connectivity index (χ1n) is 9.75. The number of hydrogen-bond acceptors (Lipinski definition) is 2. The summed E-state index contributed by atoms with van der Waals surface area (Å²) in [4.78, 5) is 8.89. The van der Waals surface area contributed by atoms with Gasteiger partial charge in [-0.3, -0.25) is 0 Å². The maximum atomic E-state index is 8.89. The zero-order valence-electron chi connectivity index (χ0n) is 16.1. The number of aliphatic carboxylic acids is 1. The Morgan fingerprint density at radius 1 is 0.958 bits per heavy atom. The van der Waals surface area contributed by atoms with Crippen molar-refractivity contribution in [1.82, 2.24) is 0 Å². The molecule has 0 aliphatic carbocycles. The molecule has 0 aromatic carbocycles. The Labute approximate surface area is 149 Å². The van der Waals surface area contributed by atoms with E-state index in [0.29, 0.717) is 0 Å². The number of nitrogens with zero attached hydrogens (tertiary/aromatic N) is 1. The van der Waals surface area contributed by atoms with Crippen LogP contribution in [-0.2, 0) is 17.8 Å². The molecule has 0 amide bonds. The fraction of sp³-hybridized carbons (Fsp3) is 0.714. The number of pyridine rings is 1. The summed E-state index contributed by atoms with van der Waals surface area (Å²) in [6.07, 6.45) is 19.7. The van der Waals surface area contributed by atoms with Gasteiger partial charge < -0.3 is 9.90 Å². The lowest BCUT2D eigenvalue weighted by Crippen LogP contribution is -2.33. The van der Waals surface area contributed by atoms with Crippen molar-refractivity contribution in [1.29, 1.82) is 0 Å². The molecule has 24 heavy (non-hydrogen) atoms.